The van der Waals surface area contributed by atoms with Crippen LogP contribution in [0, 0.1) is 0 Å². The molecule has 2 aromatic rings. The van der Waals surface area contributed by atoms with Crippen molar-refractivity contribution in [1.82, 2.24) is 10.2 Å². The van der Waals surface area contributed by atoms with Gasteiger partial charge in [-0.3, -0.25) is 14.5 Å². The van der Waals surface area contributed by atoms with Crippen LogP contribution in [0.4, 0.5) is 5.69 Å². The third-order valence-electron chi connectivity index (χ3n) is 3.70. The van der Waals surface area contributed by atoms with E-state index < -0.39 is 0 Å². The Hall–Kier alpha value is -2.08. The molecule has 0 fully saturated rings. The van der Waals surface area contributed by atoms with Crippen molar-refractivity contribution in [2.24, 2.45) is 0 Å². The molecular formula is C19H21Cl2N3O2. The summed E-state index contributed by atoms with van der Waals surface area (Å²) in [5.41, 5.74) is 1.51. The van der Waals surface area contributed by atoms with Gasteiger partial charge in [-0.2, -0.15) is 0 Å². The number of carbonyl (C=O) groups is 2. The molecule has 0 unspecified atom stereocenters. The lowest BCUT2D eigenvalue weighted by Gasteiger charge is -2.19. The minimum Gasteiger partial charge on any atom is -0.348 e. The first kappa shape index (κ1) is 20.2. The fraction of sp³-hybridized carbons (Fsp3) is 0.263. The van der Waals surface area contributed by atoms with Gasteiger partial charge in [0.2, 0.25) is 11.8 Å². The van der Waals surface area contributed by atoms with Gasteiger partial charge in [0.1, 0.15) is 0 Å². The molecule has 138 valence electrons. The second kappa shape index (κ2) is 9.57. The maximum atomic E-state index is 12.2. The van der Waals surface area contributed by atoms with E-state index in [1.54, 1.807) is 42.3 Å². The third kappa shape index (κ3) is 6.33. The quantitative estimate of drug-likeness (QED) is 0.752. The normalized spacial score (nSPS) is 11.9. The van der Waals surface area contributed by atoms with E-state index in [9.17, 15) is 9.59 Å². The first-order chi connectivity index (χ1) is 12.3. The number of hydrogen-bond acceptors (Lipinski definition) is 3. The molecule has 2 aromatic carbocycles. The number of halogens is 2. The Labute approximate surface area is 163 Å². The fourth-order valence-corrected chi connectivity index (χ4v) is 2.90. The number of amides is 2. The minimum atomic E-state index is -0.215. The average molecular weight is 394 g/mol. The van der Waals surface area contributed by atoms with Crippen LogP contribution in [-0.4, -0.2) is 36.9 Å². The van der Waals surface area contributed by atoms with Crippen LogP contribution in [0.5, 0.6) is 0 Å². The highest BCUT2D eigenvalue weighted by Crippen LogP contribution is 2.21. The van der Waals surface area contributed by atoms with Gasteiger partial charge in [-0.05, 0) is 49.9 Å². The highest BCUT2D eigenvalue weighted by atomic mass is 35.5. The van der Waals surface area contributed by atoms with Crippen LogP contribution in [-0.2, 0) is 9.59 Å². The molecule has 0 radical (unpaired) electrons. The second-order valence-corrected chi connectivity index (χ2v) is 6.88. The second-order valence-electron chi connectivity index (χ2n) is 6.04. The molecule has 2 amide bonds. The molecule has 26 heavy (non-hydrogen) atoms. The molecule has 1 atom stereocenters. The maximum Gasteiger partial charge on any atom is 0.238 e. The molecule has 0 heterocycles. The van der Waals surface area contributed by atoms with Gasteiger partial charge in [0.15, 0.2) is 0 Å². The van der Waals surface area contributed by atoms with E-state index >= 15 is 0 Å². The van der Waals surface area contributed by atoms with Crippen LogP contribution in [0.2, 0.25) is 10.0 Å². The zero-order chi connectivity index (χ0) is 19.1. The van der Waals surface area contributed by atoms with Gasteiger partial charge < -0.3 is 10.6 Å². The van der Waals surface area contributed by atoms with Gasteiger partial charge in [0.25, 0.3) is 0 Å². The summed E-state index contributed by atoms with van der Waals surface area (Å²) >= 11 is 12.0. The van der Waals surface area contributed by atoms with Crippen LogP contribution in [0.1, 0.15) is 18.5 Å². The zero-order valence-corrected chi connectivity index (χ0v) is 16.1. The van der Waals surface area contributed by atoms with E-state index in [1.165, 1.54) is 0 Å². The smallest absolute Gasteiger partial charge is 0.238 e. The topological polar surface area (TPSA) is 61.4 Å². The van der Waals surface area contributed by atoms with E-state index in [-0.39, 0.29) is 30.9 Å². The summed E-state index contributed by atoms with van der Waals surface area (Å²) in [4.78, 5) is 25.9. The lowest BCUT2D eigenvalue weighted by molar-refractivity contribution is -0.123. The fourth-order valence-electron chi connectivity index (χ4n) is 2.47. The molecular weight excluding hydrogens is 373 g/mol. The third-order valence-corrected chi connectivity index (χ3v) is 4.30. The zero-order valence-electron chi connectivity index (χ0n) is 14.6. The molecule has 2 rings (SSSR count). The van der Waals surface area contributed by atoms with Crippen LogP contribution in [0.3, 0.4) is 0 Å². The van der Waals surface area contributed by atoms with Crippen molar-refractivity contribution in [2.75, 3.05) is 25.5 Å². The predicted octanol–water partition coefficient (Wildman–Crippen LogP) is 3.74. The van der Waals surface area contributed by atoms with Gasteiger partial charge >= 0.3 is 0 Å². The minimum absolute atomic E-state index is 0.0938. The van der Waals surface area contributed by atoms with Crippen LogP contribution in [0.25, 0.3) is 0 Å². The molecule has 0 saturated heterocycles. The largest absolute Gasteiger partial charge is 0.348 e. The summed E-state index contributed by atoms with van der Waals surface area (Å²) in [7, 11) is 1.71. The first-order valence-electron chi connectivity index (χ1n) is 8.13. The van der Waals surface area contributed by atoms with Crippen molar-refractivity contribution < 1.29 is 9.59 Å². The van der Waals surface area contributed by atoms with E-state index in [0.717, 1.165) is 5.56 Å². The number of hydrogen-bond donors (Lipinski definition) is 2. The number of benzene rings is 2. The Morgan fingerprint density at radius 2 is 1.62 bits per heavy atom. The number of anilines is 1. The monoisotopic (exact) mass is 393 g/mol. The van der Waals surface area contributed by atoms with Crippen molar-refractivity contribution in [3.63, 3.8) is 0 Å². The highest BCUT2D eigenvalue weighted by molar-refractivity contribution is 6.31. The molecule has 0 spiro atoms. The van der Waals surface area contributed by atoms with Crippen LogP contribution < -0.4 is 10.6 Å². The summed E-state index contributed by atoms with van der Waals surface area (Å²) < 4.78 is 0. The van der Waals surface area contributed by atoms with Crippen LogP contribution >= 0.6 is 23.2 Å². The van der Waals surface area contributed by atoms with E-state index in [4.69, 9.17) is 23.2 Å². The van der Waals surface area contributed by atoms with Crippen molar-refractivity contribution in [3.8, 4) is 0 Å². The summed E-state index contributed by atoms with van der Waals surface area (Å²) in [5, 5.41) is 6.85. The Morgan fingerprint density at radius 3 is 2.27 bits per heavy atom. The Kier molecular flexibility index (Phi) is 7.45. The summed E-state index contributed by atoms with van der Waals surface area (Å²) in [6, 6.07) is 14.0. The Balaban J connectivity index is 1.80. The van der Waals surface area contributed by atoms with Gasteiger partial charge in [0, 0.05) is 15.7 Å². The lowest BCUT2D eigenvalue weighted by Crippen LogP contribution is -2.39. The highest BCUT2D eigenvalue weighted by Gasteiger charge is 2.15. The van der Waals surface area contributed by atoms with E-state index in [0.29, 0.717) is 15.7 Å². The standard InChI is InChI=1S/C19H21Cl2N3O2/c1-13(16-5-3-4-6-17(16)21)22-18(25)11-24(2)12-19(26)23-15-9-7-14(20)8-10-15/h3-10,13H,11-12H2,1-2H3,(H,22,25)(H,23,26)/t13-/m1/s1. The summed E-state index contributed by atoms with van der Waals surface area (Å²) in [6.45, 7) is 2.06. The molecule has 7 heteroatoms. The molecule has 2 N–H and O–H groups in total. The van der Waals surface area contributed by atoms with Gasteiger partial charge in [-0.25, -0.2) is 0 Å². The van der Waals surface area contributed by atoms with Crippen molar-refractivity contribution in [1.29, 1.82) is 0 Å². The molecule has 5 nitrogen and oxygen atoms in total. The molecule has 0 aliphatic heterocycles. The van der Waals surface area contributed by atoms with E-state index in [2.05, 4.69) is 10.6 Å². The number of nitrogens with one attached hydrogen (secondary N) is 2. The number of carbonyl (C=O) groups excluding carboxylic acids is 2. The number of nitrogens with zero attached hydrogens (tertiary/aromatic N) is 1. The van der Waals surface area contributed by atoms with Gasteiger partial charge in [-0.1, -0.05) is 41.4 Å². The molecule has 0 aliphatic carbocycles. The SMILES string of the molecule is C[C@@H](NC(=O)CN(C)CC(=O)Nc1ccc(Cl)cc1)c1ccccc1Cl. The summed E-state index contributed by atoms with van der Waals surface area (Å²) in [6.07, 6.45) is 0. The Bertz CT molecular complexity index is 766. The van der Waals surface area contributed by atoms with E-state index in [1.807, 2.05) is 25.1 Å². The molecule has 0 aromatic heterocycles. The van der Waals surface area contributed by atoms with Crippen molar-refractivity contribution in [2.45, 2.75) is 13.0 Å². The van der Waals surface area contributed by atoms with Crippen LogP contribution in [0.15, 0.2) is 48.5 Å². The number of rotatable bonds is 7. The average Bonchev–Trinajstić information content (AvgIpc) is 2.56. The number of likely N-dealkylation sites (N-methyl/N-ethyl adjacent to an activating group) is 1. The van der Waals surface area contributed by atoms with Gasteiger partial charge in [0.05, 0.1) is 19.1 Å². The molecule has 0 saturated carbocycles. The lowest BCUT2D eigenvalue weighted by atomic mass is 10.1. The van der Waals surface area contributed by atoms with Crippen molar-refractivity contribution >= 4 is 40.7 Å². The predicted molar refractivity (Wildman–Crippen MR) is 106 cm³/mol. The molecule has 0 aliphatic rings. The molecule has 0 bridgehead atoms. The van der Waals surface area contributed by atoms with Gasteiger partial charge in [-0.15, -0.1) is 0 Å². The first-order valence-corrected chi connectivity index (χ1v) is 8.88. The maximum absolute atomic E-state index is 12.2. The Morgan fingerprint density at radius 1 is 1.00 bits per heavy atom. The van der Waals surface area contributed by atoms with Crippen molar-refractivity contribution in [3.05, 3.63) is 64.1 Å². The summed E-state index contributed by atoms with van der Waals surface area (Å²) in [5.74, 6) is -0.388.